The number of hydrazine groups is 1. The van der Waals surface area contributed by atoms with Crippen molar-refractivity contribution in [3.05, 3.63) is 39.8 Å². The van der Waals surface area contributed by atoms with E-state index in [1.807, 2.05) is 17.1 Å². The minimum atomic E-state index is -0.160. The van der Waals surface area contributed by atoms with E-state index in [0.717, 1.165) is 31.7 Å². The number of amides is 2. The van der Waals surface area contributed by atoms with Crippen molar-refractivity contribution in [3.63, 3.8) is 0 Å². The van der Waals surface area contributed by atoms with Gasteiger partial charge in [-0.15, -0.1) is 0 Å². The fraction of sp³-hybridized carbons (Fsp3) is 0.389. The van der Waals surface area contributed by atoms with Crippen LogP contribution in [0.25, 0.3) is 6.08 Å². The zero-order valence-electron chi connectivity index (χ0n) is 15.0. The monoisotopic (exact) mass is 424 g/mol. The molecule has 9 heteroatoms. The first-order chi connectivity index (χ1) is 12.9. The van der Waals surface area contributed by atoms with Gasteiger partial charge in [0, 0.05) is 44.2 Å². The number of hydrogen-bond acceptors (Lipinski definition) is 6. The van der Waals surface area contributed by atoms with Gasteiger partial charge in [-0.2, -0.15) is 0 Å². The molecule has 1 N–H and O–H groups in total. The number of rotatable bonds is 5. The summed E-state index contributed by atoms with van der Waals surface area (Å²) in [5.41, 5.74) is 3.78. The predicted octanol–water partition coefficient (Wildman–Crippen LogP) is 2.21. The van der Waals surface area contributed by atoms with Crippen LogP contribution in [0.5, 0.6) is 0 Å². The summed E-state index contributed by atoms with van der Waals surface area (Å²) in [5, 5.41) is 2.57. The number of likely N-dealkylation sites (N-methyl/N-ethyl adjacent to an activating group) is 1. The lowest BCUT2D eigenvalue weighted by molar-refractivity contribution is -0.127. The summed E-state index contributed by atoms with van der Waals surface area (Å²) < 4.78 is 0.479. The molecule has 0 aromatic heterocycles. The van der Waals surface area contributed by atoms with Crippen molar-refractivity contribution in [2.75, 3.05) is 39.8 Å². The summed E-state index contributed by atoms with van der Waals surface area (Å²) in [6.07, 6.45) is 2.01. The maximum atomic E-state index is 12.6. The van der Waals surface area contributed by atoms with E-state index in [-0.39, 0.29) is 24.8 Å². The molecular formula is C18H21ClN4O2S2. The molecule has 0 atom stereocenters. The third kappa shape index (κ3) is 5.52. The van der Waals surface area contributed by atoms with Crippen LogP contribution in [0.1, 0.15) is 12.0 Å². The minimum absolute atomic E-state index is 0.102. The Bertz CT molecular complexity index is 761. The summed E-state index contributed by atoms with van der Waals surface area (Å²) >= 11 is 12.5. The van der Waals surface area contributed by atoms with Gasteiger partial charge in [0.15, 0.2) is 0 Å². The molecule has 0 unspecified atom stereocenters. The lowest BCUT2D eigenvalue weighted by Gasteiger charge is -2.32. The molecule has 27 heavy (non-hydrogen) atoms. The highest BCUT2D eigenvalue weighted by Gasteiger charge is 2.32. The number of thioether (sulfide) groups is 1. The fourth-order valence-corrected chi connectivity index (χ4v) is 4.20. The molecule has 3 rings (SSSR count). The van der Waals surface area contributed by atoms with Crippen molar-refractivity contribution < 1.29 is 9.59 Å². The second-order valence-electron chi connectivity index (χ2n) is 6.46. The maximum absolute atomic E-state index is 12.6. The Morgan fingerprint density at radius 3 is 2.59 bits per heavy atom. The highest BCUT2D eigenvalue weighted by molar-refractivity contribution is 8.26. The smallest absolute Gasteiger partial charge is 0.266 e. The minimum Gasteiger partial charge on any atom is -0.304 e. The molecule has 2 fully saturated rings. The lowest BCUT2D eigenvalue weighted by atomic mass is 10.2. The Morgan fingerprint density at radius 2 is 1.93 bits per heavy atom. The van der Waals surface area contributed by atoms with E-state index in [4.69, 9.17) is 23.8 Å². The molecule has 144 valence electrons. The predicted molar refractivity (Wildman–Crippen MR) is 113 cm³/mol. The third-order valence-electron chi connectivity index (χ3n) is 4.39. The molecule has 2 aliphatic rings. The van der Waals surface area contributed by atoms with Crippen LogP contribution in [0, 0.1) is 0 Å². The van der Waals surface area contributed by atoms with Gasteiger partial charge in [-0.25, -0.2) is 5.01 Å². The van der Waals surface area contributed by atoms with E-state index >= 15 is 0 Å². The van der Waals surface area contributed by atoms with E-state index in [1.54, 1.807) is 18.2 Å². The van der Waals surface area contributed by atoms with Crippen LogP contribution in [0.4, 0.5) is 0 Å². The van der Waals surface area contributed by atoms with Crippen molar-refractivity contribution in [1.82, 2.24) is 20.2 Å². The SMILES string of the molecule is CN1CCN(NC(=O)CCN2C(=O)C(=Cc3ccc(Cl)cc3)SC2=S)CC1. The summed E-state index contributed by atoms with van der Waals surface area (Å²) in [7, 11) is 2.06. The lowest BCUT2D eigenvalue weighted by Crippen LogP contribution is -2.52. The van der Waals surface area contributed by atoms with Crippen LogP contribution in [-0.4, -0.2) is 70.7 Å². The first-order valence-corrected chi connectivity index (χ1v) is 10.3. The van der Waals surface area contributed by atoms with E-state index in [2.05, 4.69) is 17.4 Å². The van der Waals surface area contributed by atoms with Gasteiger partial charge in [-0.1, -0.05) is 47.7 Å². The normalized spacial score (nSPS) is 20.5. The highest BCUT2D eigenvalue weighted by Crippen LogP contribution is 2.32. The zero-order valence-corrected chi connectivity index (χ0v) is 17.4. The van der Waals surface area contributed by atoms with Crippen LogP contribution in [0.3, 0.4) is 0 Å². The Balaban J connectivity index is 1.53. The van der Waals surface area contributed by atoms with Gasteiger partial charge in [0.05, 0.1) is 4.91 Å². The average molecular weight is 425 g/mol. The van der Waals surface area contributed by atoms with Gasteiger partial charge in [-0.05, 0) is 30.8 Å². The number of hydrogen-bond donors (Lipinski definition) is 1. The number of thiocarbonyl (C=S) groups is 1. The number of nitrogens with one attached hydrogen (secondary N) is 1. The molecular weight excluding hydrogens is 404 g/mol. The number of carbonyl (C=O) groups is 2. The highest BCUT2D eigenvalue weighted by atomic mass is 35.5. The first-order valence-electron chi connectivity index (χ1n) is 8.66. The summed E-state index contributed by atoms with van der Waals surface area (Å²) in [6.45, 7) is 3.72. The molecule has 1 aromatic carbocycles. The van der Waals surface area contributed by atoms with Gasteiger partial charge in [0.2, 0.25) is 5.91 Å². The molecule has 6 nitrogen and oxygen atoms in total. The zero-order chi connectivity index (χ0) is 19.4. The summed E-state index contributed by atoms with van der Waals surface area (Å²) in [6, 6.07) is 7.24. The Labute approximate surface area is 173 Å². The van der Waals surface area contributed by atoms with Crippen LogP contribution in [0.2, 0.25) is 5.02 Å². The number of piperazine rings is 1. The van der Waals surface area contributed by atoms with Crippen molar-refractivity contribution in [2.24, 2.45) is 0 Å². The second kappa shape index (κ2) is 9.16. The summed E-state index contributed by atoms with van der Waals surface area (Å²) in [4.78, 5) is 29.1. The molecule has 0 aliphatic carbocycles. The van der Waals surface area contributed by atoms with Crippen LogP contribution in [-0.2, 0) is 9.59 Å². The molecule has 1 aromatic rings. The largest absolute Gasteiger partial charge is 0.304 e. The van der Waals surface area contributed by atoms with Gasteiger partial charge in [0.1, 0.15) is 4.32 Å². The van der Waals surface area contributed by atoms with E-state index < -0.39 is 0 Å². The second-order valence-corrected chi connectivity index (χ2v) is 8.57. The van der Waals surface area contributed by atoms with Gasteiger partial charge >= 0.3 is 0 Å². The number of nitrogens with zero attached hydrogens (tertiary/aromatic N) is 3. The van der Waals surface area contributed by atoms with E-state index in [9.17, 15) is 9.59 Å². The molecule has 0 radical (unpaired) electrons. The molecule has 2 amide bonds. The Morgan fingerprint density at radius 1 is 1.26 bits per heavy atom. The van der Waals surface area contributed by atoms with Crippen LogP contribution < -0.4 is 5.43 Å². The average Bonchev–Trinajstić information content (AvgIpc) is 2.90. The molecule has 0 spiro atoms. The van der Waals surface area contributed by atoms with E-state index in [0.29, 0.717) is 14.2 Å². The third-order valence-corrected chi connectivity index (χ3v) is 6.02. The van der Waals surface area contributed by atoms with Gasteiger partial charge in [0.25, 0.3) is 5.91 Å². The van der Waals surface area contributed by atoms with Crippen molar-refractivity contribution >= 4 is 57.8 Å². The standard InChI is InChI=1S/C18H21ClN4O2S2/c1-21-8-10-22(11-9-21)20-16(24)6-7-23-17(25)15(27-18(23)26)12-13-2-4-14(19)5-3-13/h2-5,12H,6-11H2,1H3,(H,20,24). The number of benzene rings is 1. The maximum Gasteiger partial charge on any atom is 0.266 e. The first kappa shape index (κ1) is 20.3. The Kier molecular flexibility index (Phi) is 6.88. The number of carbonyl (C=O) groups excluding carboxylic acids is 2. The van der Waals surface area contributed by atoms with Crippen molar-refractivity contribution in [3.8, 4) is 0 Å². The molecule has 0 bridgehead atoms. The summed E-state index contributed by atoms with van der Waals surface area (Å²) in [5.74, 6) is -0.261. The Hall–Kier alpha value is -1.45. The number of halogens is 1. The van der Waals surface area contributed by atoms with Gasteiger partial charge < -0.3 is 4.90 Å². The molecule has 2 aliphatic heterocycles. The van der Waals surface area contributed by atoms with Gasteiger partial charge in [-0.3, -0.25) is 19.9 Å². The van der Waals surface area contributed by atoms with Crippen molar-refractivity contribution in [2.45, 2.75) is 6.42 Å². The fourth-order valence-electron chi connectivity index (χ4n) is 2.77. The molecule has 0 saturated carbocycles. The van der Waals surface area contributed by atoms with Crippen LogP contribution >= 0.6 is 35.6 Å². The topological polar surface area (TPSA) is 55.9 Å². The van der Waals surface area contributed by atoms with E-state index in [1.165, 1.54) is 16.7 Å². The van der Waals surface area contributed by atoms with Crippen molar-refractivity contribution in [1.29, 1.82) is 0 Å². The van der Waals surface area contributed by atoms with Crippen LogP contribution in [0.15, 0.2) is 29.2 Å². The molecule has 2 saturated heterocycles. The molecule has 2 heterocycles. The quantitative estimate of drug-likeness (QED) is 0.577.